The van der Waals surface area contributed by atoms with Crippen molar-refractivity contribution in [2.45, 2.75) is 26.7 Å². The van der Waals surface area contributed by atoms with Crippen LogP contribution in [0, 0.1) is 5.41 Å². The number of benzene rings is 1. The van der Waals surface area contributed by atoms with Crippen molar-refractivity contribution in [3.8, 4) is 0 Å². The molecule has 69 valence electrons. The van der Waals surface area contributed by atoms with Crippen LogP contribution >= 0.6 is 0 Å². The first kappa shape index (κ1) is 11.6. The fraction of sp³-hybridized carbons (Fsp3) is 0.385. The Balaban J connectivity index is 0.000000980. The van der Waals surface area contributed by atoms with Crippen molar-refractivity contribution in [3.05, 3.63) is 41.5 Å². The minimum absolute atomic E-state index is 0. The van der Waals surface area contributed by atoms with Crippen LogP contribution in [0.2, 0.25) is 0 Å². The van der Waals surface area contributed by atoms with Crippen LogP contribution < -0.4 is 0 Å². The van der Waals surface area contributed by atoms with Gasteiger partial charge in [-0.1, -0.05) is 57.2 Å². The number of fused-ring (bicyclic) bond motifs is 1. The van der Waals surface area contributed by atoms with Crippen LogP contribution in [0.15, 0.2) is 30.3 Å². The van der Waals surface area contributed by atoms with Crippen molar-refractivity contribution >= 4 is 24.9 Å². The van der Waals surface area contributed by atoms with Crippen LogP contribution in [0.25, 0.3) is 6.08 Å². The molecule has 0 fully saturated rings. The normalized spacial score (nSPS) is 18.9. The molecule has 0 heterocycles. The molecule has 0 aromatic heterocycles. The molecule has 0 bridgehead atoms. The topological polar surface area (TPSA) is 0 Å². The molecular weight excluding hydrogens is 163 g/mol. The van der Waals surface area contributed by atoms with Crippen LogP contribution in [-0.2, 0) is 0 Å². The fourth-order valence-corrected chi connectivity index (χ4v) is 2.00. The molecule has 0 saturated carbocycles. The van der Waals surface area contributed by atoms with E-state index in [0.29, 0.717) is 11.3 Å². The van der Waals surface area contributed by atoms with Crippen LogP contribution in [-0.4, -0.2) is 18.9 Å². The van der Waals surface area contributed by atoms with Crippen molar-refractivity contribution in [2.75, 3.05) is 0 Å². The Kier molecular flexibility index (Phi) is 3.30. The van der Waals surface area contributed by atoms with Gasteiger partial charge in [-0.05, 0) is 16.5 Å². The molecule has 1 aliphatic rings. The van der Waals surface area contributed by atoms with Gasteiger partial charge in [-0.15, -0.1) is 0 Å². The molecule has 0 spiro atoms. The van der Waals surface area contributed by atoms with E-state index >= 15 is 0 Å². The van der Waals surface area contributed by atoms with Gasteiger partial charge in [-0.25, -0.2) is 0 Å². The van der Waals surface area contributed by atoms with Gasteiger partial charge < -0.3 is 0 Å². The number of hydrogen-bond acceptors (Lipinski definition) is 0. The molecule has 1 unspecified atom stereocenters. The van der Waals surface area contributed by atoms with Crippen molar-refractivity contribution in [3.63, 3.8) is 0 Å². The van der Waals surface area contributed by atoms with Gasteiger partial charge in [0.05, 0.1) is 0 Å². The summed E-state index contributed by atoms with van der Waals surface area (Å²) in [5, 5.41) is 0. The van der Waals surface area contributed by atoms with Gasteiger partial charge in [0.2, 0.25) is 0 Å². The van der Waals surface area contributed by atoms with E-state index in [1.165, 1.54) is 11.1 Å². The smallest absolute Gasteiger partial charge is 0.00758 e. The molecule has 0 N–H and O–H groups in total. The summed E-state index contributed by atoms with van der Waals surface area (Å²) in [6.07, 6.45) is 4.57. The Hall–Kier alpha value is -0.443. The first-order valence-electron chi connectivity index (χ1n) is 4.86. The molecule has 1 aromatic rings. The third-order valence-electron chi connectivity index (χ3n) is 2.73. The second kappa shape index (κ2) is 3.97. The maximum absolute atomic E-state index is 2.32. The molecule has 1 aromatic carbocycles. The molecule has 0 aliphatic heterocycles. The van der Waals surface area contributed by atoms with Gasteiger partial charge in [0.1, 0.15) is 0 Å². The SMILES string of the molecule is CC(C)(C)C1C=Cc2ccccc21.[Li]. The van der Waals surface area contributed by atoms with Gasteiger partial charge in [0, 0.05) is 24.8 Å². The van der Waals surface area contributed by atoms with Crippen LogP contribution in [0.4, 0.5) is 0 Å². The second-order valence-electron chi connectivity index (χ2n) is 4.83. The average molecular weight is 179 g/mol. The Labute approximate surface area is 98.6 Å². The number of hydrogen-bond donors (Lipinski definition) is 0. The van der Waals surface area contributed by atoms with E-state index in [1.807, 2.05) is 0 Å². The van der Waals surface area contributed by atoms with E-state index in [4.69, 9.17) is 0 Å². The first-order chi connectivity index (χ1) is 6.09. The second-order valence-corrected chi connectivity index (χ2v) is 4.83. The van der Waals surface area contributed by atoms with Crippen LogP contribution in [0.3, 0.4) is 0 Å². The predicted molar refractivity (Wildman–Crippen MR) is 63.4 cm³/mol. The Morgan fingerprint density at radius 2 is 1.71 bits per heavy atom. The summed E-state index contributed by atoms with van der Waals surface area (Å²) >= 11 is 0. The largest absolute Gasteiger partial charge is 0.0759 e. The third kappa shape index (κ3) is 1.97. The van der Waals surface area contributed by atoms with E-state index in [2.05, 4.69) is 57.2 Å². The minimum atomic E-state index is 0. The van der Waals surface area contributed by atoms with Gasteiger partial charge >= 0.3 is 0 Å². The van der Waals surface area contributed by atoms with Gasteiger partial charge in [-0.2, -0.15) is 0 Å². The summed E-state index contributed by atoms with van der Waals surface area (Å²) in [4.78, 5) is 0. The summed E-state index contributed by atoms with van der Waals surface area (Å²) in [5.41, 5.74) is 3.21. The third-order valence-corrected chi connectivity index (χ3v) is 2.73. The quantitative estimate of drug-likeness (QED) is 0.535. The molecule has 2 rings (SSSR count). The zero-order valence-electron chi connectivity index (χ0n) is 9.54. The molecule has 0 saturated heterocycles. The number of allylic oxidation sites excluding steroid dienone is 1. The van der Waals surface area contributed by atoms with Crippen molar-refractivity contribution in [2.24, 2.45) is 5.41 Å². The summed E-state index contributed by atoms with van der Waals surface area (Å²) in [6.45, 7) is 6.89. The van der Waals surface area contributed by atoms with E-state index in [9.17, 15) is 0 Å². The molecular formula is C13H16Li. The monoisotopic (exact) mass is 179 g/mol. The molecule has 1 heteroatoms. The zero-order valence-corrected chi connectivity index (χ0v) is 9.54. The van der Waals surface area contributed by atoms with Crippen molar-refractivity contribution in [1.29, 1.82) is 0 Å². The van der Waals surface area contributed by atoms with Crippen LogP contribution in [0.5, 0.6) is 0 Å². The molecule has 0 amide bonds. The van der Waals surface area contributed by atoms with Gasteiger partial charge in [0.25, 0.3) is 0 Å². The fourth-order valence-electron chi connectivity index (χ4n) is 2.00. The summed E-state index contributed by atoms with van der Waals surface area (Å²) in [7, 11) is 0. The van der Waals surface area contributed by atoms with Crippen molar-refractivity contribution < 1.29 is 0 Å². The average Bonchev–Trinajstić information content (AvgIpc) is 2.45. The molecule has 1 aliphatic carbocycles. The molecule has 1 atom stereocenters. The Bertz CT molecular complexity index is 344. The molecule has 1 radical (unpaired) electrons. The number of rotatable bonds is 0. The minimum Gasteiger partial charge on any atom is -0.0759 e. The summed E-state index contributed by atoms with van der Waals surface area (Å²) in [6, 6.07) is 8.67. The van der Waals surface area contributed by atoms with E-state index < -0.39 is 0 Å². The first-order valence-corrected chi connectivity index (χ1v) is 4.86. The maximum atomic E-state index is 2.32. The van der Waals surface area contributed by atoms with Crippen LogP contribution in [0.1, 0.15) is 37.8 Å². The van der Waals surface area contributed by atoms with Crippen molar-refractivity contribution in [1.82, 2.24) is 0 Å². The summed E-state index contributed by atoms with van der Waals surface area (Å²) < 4.78 is 0. The maximum Gasteiger partial charge on any atom is 0.00758 e. The van der Waals surface area contributed by atoms with Gasteiger partial charge in [0.15, 0.2) is 0 Å². The standard InChI is InChI=1S/C13H16.Li/c1-13(2,3)12-9-8-10-6-4-5-7-11(10)12;/h4-9,12H,1-3H3;. The summed E-state index contributed by atoms with van der Waals surface area (Å²) in [5.74, 6) is 0.587. The predicted octanol–water partition coefficient (Wildman–Crippen LogP) is 3.46. The van der Waals surface area contributed by atoms with E-state index in [0.717, 1.165) is 0 Å². The zero-order chi connectivity index (χ0) is 9.47. The van der Waals surface area contributed by atoms with E-state index in [1.54, 1.807) is 0 Å². The molecule has 0 nitrogen and oxygen atoms in total. The Morgan fingerprint density at radius 1 is 1.07 bits per heavy atom. The molecule has 14 heavy (non-hydrogen) atoms. The van der Waals surface area contributed by atoms with E-state index in [-0.39, 0.29) is 18.9 Å². The Morgan fingerprint density at radius 3 is 2.36 bits per heavy atom. The van der Waals surface area contributed by atoms with Gasteiger partial charge in [-0.3, -0.25) is 0 Å².